The summed E-state index contributed by atoms with van der Waals surface area (Å²) in [4.78, 5) is 20.4. The number of aromatic nitrogens is 1. The minimum absolute atomic E-state index is 0.0181. The lowest BCUT2D eigenvalue weighted by Crippen LogP contribution is -2.32. The number of carbonyl (C=O) groups is 1. The predicted octanol–water partition coefficient (Wildman–Crippen LogP) is 5.22. The van der Waals surface area contributed by atoms with Crippen LogP contribution in [0.4, 0.5) is 5.69 Å². The number of aryl methyl sites for hydroxylation is 1. The maximum atomic E-state index is 12.6. The fourth-order valence-corrected chi connectivity index (χ4v) is 5.52. The molecular formula is C22H21BrN4OS2. The Kier molecular flexibility index (Phi) is 6.46. The van der Waals surface area contributed by atoms with Gasteiger partial charge in [0.05, 0.1) is 21.6 Å². The van der Waals surface area contributed by atoms with Crippen molar-refractivity contribution < 1.29 is 4.79 Å². The molecule has 8 heteroatoms. The molecule has 0 aliphatic carbocycles. The number of hydrogen-bond acceptors (Lipinski definition) is 4. The Labute approximate surface area is 193 Å². The molecule has 2 aromatic heterocycles. The van der Waals surface area contributed by atoms with Gasteiger partial charge in [-0.05, 0) is 77.0 Å². The van der Waals surface area contributed by atoms with Crippen molar-refractivity contribution in [1.29, 1.82) is 0 Å². The normalized spacial score (nSPS) is 18.3. The van der Waals surface area contributed by atoms with Gasteiger partial charge in [0.2, 0.25) is 5.91 Å². The SMILES string of the molecule is Cc1cccc(NC(=O)CCN2C(=S)N[C@@H](c3ccccn3)[C@H]2c2ccc(Br)s2)c1. The van der Waals surface area contributed by atoms with Crippen molar-refractivity contribution in [3.05, 3.63) is 80.7 Å². The first kappa shape index (κ1) is 21.0. The van der Waals surface area contributed by atoms with Gasteiger partial charge < -0.3 is 15.5 Å². The van der Waals surface area contributed by atoms with Crippen LogP contribution in [0.25, 0.3) is 0 Å². The second kappa shape index (κ2) is 9.24. The Morgan fingerprint density at radius 1 is 1.27 bits per heavy atom. The lowest BCUT2D eigenvalue weighted by atomic mass is 10.0. The van der Waals surface area contributed by atoms with Crippen LogP contribution in [0.3, 0.4) is 0 Å². The fourth-order valence-electron chi connectivity index (χ4n) is 3.61. The summed E-state index contributed by atoms with van der Waals surface area (Å²) in [5.41, 5.74) is 2.85. The highest BCUT2D eigenvalue weighted by Crippen LogP contribution is 2.42. The summed E-state index contributed by atoms with van der Waals surface area (Å²) in [7, 11) is 0. The van der Waals surface area contributed by atoms with Crippen LogP contribution >= 0.6 is 39.5 Å². The molecule has 1 aliphatic heterocycles. The third-order valence-electron chi connectivity index (χ3n) is 4.96. The van der Waals surface area contributed by atoms with Crippen molar-refractivity contribution in [2.24, 2.45) is 0 Å². The molecule has 2 N–H and O–H groups in total. The number of rotatable bonds is 6. The molecule has 3 aromatic rings. The number of carbonyl (C=O) groups excluding carboxylic acids is 1. The van der Waals surface area contributed by atoms with Crippen molar-refractivity contribution in [3.63, 3.8) is 0 Å². The van der Waals surface area contributed by atoms with Crippen molar-refractivity contribution in [2.45, 2.75) is 25.4 Å². The Bertz CT molecular complexity index is 1060. The van der Waals surface area contributed by atoms with Crippen LogP contribution in [0.2, 0.25) is 0 Å². The number of nitrogens with one attached hydrogen (secondary N) is 2. The van der Waals surface area contributed by atoms with Crippen LogP contribution in [0.15, 0.2) is 64.6 Å². The smallest absolute Gasteiger partial charge is 0.226 e. The van der Waals surface area contributed by atoms with Gasteiger partial charge in [-0.2, -0.15) is 0 Å². The van der Waals surface area contributed by atoms with Crippen LogP contribution < -0.4 is 10.6 Å². The number of nitrogens with zero attached hydrogens (tertiary/aromatic N) is 2. The molecule has 3 heterocycles. The third-order valence-corrected chi connectivity index (χ3v) is 7.01. The highest BCUT2D eigenvalue weighted by Gasteiger charge is 2.40. The van der Waals surface area contributed by atoms with E-state index in [0.29, 0.717) is 18.1 Å². The Balaban J connectivity index is 1.51. The summed E-state index contributed by atoms with van der Waals surface area (Å²) in [6, 6.07) is 17.7. The van der Waals surface area contributed by atoms with Crippen molar-refractivity contribution in [3.8, 4) is 0 Å². The van der Waals surface area contributed by atoms with Gasteiger partial charge in [0.1, 0.15) is 0 Å². The summed E-state index contributed by atoms with van der Waals surface area (Å²) in [5, 5.41) is 7.03. The minimum atomic E-state index is -0.0657. The molecule has 2 atom stereocenters. The summed E-state index contributed by atoms with van der Waals surface area (Å²) >= 11 is 10.9. The van der Waals surface area contributed by atoms with E-state index in [1.54, 1.807) is 17.5 Å². The average molecular weight is 501 g/mol. The summed E-state index contributed by atoms with van der Waals surface area (Å²) in [6.45, 7) is 2.53. The first-order chi connectivity index (χ1) is 14.5. The molecule has 0 spiro atoms. The number of pyridine rings is 1. The zero-order valence-electron chi connectivity index (χ0n) is 16.3. The zero-order chi connectivity index (χ0) is 21.1. The molecule has 5 nitrogen and oxygen atoms in total. The van der Waals surface area contributed by atoms with E-state index in [-0.39, 0.29) is 18.0 Å². The van der Waals surface area contributed by atoms with Crippen molar-refractivity contribution in [2.75, 3.05) is 11.9 Å². The number of thiocarbonyl (C=S) groups is 1. The summed E-state index contributed by atoms with van der Waals surface area (Å²) < 4.78 is 1.06. The monoisotopic (exact) mass is 500 g/mol. The molecule has 0 saturated carbocycles. The molecule has 1 aliphatic rings. The Morgan fingerprint density at radius 3 is 2.83 bits per heavy atom. The summed E-state index contributed by atoms with van der Waals surface area (Å²) in [6.07, 6.45) is 2.13. The lowest BCUT2D eigenvalue weighted by Gasteiger charge is -2.26. The molecule has 0 unspecified atom stereocenters. The van der Waals surface area contributed by atoms with Gasteiger partial charge in [-0.3, -0.25) is 9.78 Å². The van der Waals surface area contributed by atoms with Gasteiger partial charge >= 0.3 is 0 Å². The highest BCUT2D eigenvalue weighted by atomic mass is 79.9. The quantitative estimate of drug-likeness (QED) is 0.454. The molecule has 154 valence electrons. The van der Waals surface area contributed by atoms with Crippen LogP contribution in [0, 0.1) is 6.92 Å². The Hall–Kier alpha value is -2.29. The topological polar surface area (TPSA) is 57.3 Å². The lowest BCUT2D eigenvalue weighted by molar-refractivity contribution is -0.116. The third kappa shape index (κ3) is 4.71. The van der Waals surface area contributed by atoms with Crippen LogP contribution in [-0.2, 0) is 4.79 Å². The number of amides is 1. The van der Waals surface area contributed by atoms with Crippen LogP contribution in [0.5, 0.6) is 0 Å². The highest BCUT2D eigenvalue weighted by molar-refractivity contribution is 9.11. The van der Waals surface area contributed by atoms with Gasteiger partial charge in [0.25, 0.3) is 0 Å². The molecule has 1 amide bonds. The summed E-state index contributed by atoms with van der Waals surface area (Å²) in [5.74, 6) is -0.0317. The first-order valence-electron chi connectivity index (χ1n) is 9.61. The van der Waals surface area contributed by atoms with Crippen molar-refractivity contribution in [1.82, 2.24) is 15.2 Å². The van der Waals surface area contributed by atoms with E-state index in [9.17, 15) is 4.79 Å². The van der Waals surface area contributed by atoms with E-state index in [2.05, 4.69) is 42.5 Å². The number of anilines is 1. The number of benzene rings is 1. The number of hydrogen-bond donors (Lipinski definition) is 2. The van der Waals surface area contributed by atoms with E-state index in [0.717, 1.165) is 20.7 Å². The van der Waals surface area contributed by atoms with E-state index >= 15 is 0 Å². The first-order valence-corrected chi connectivity index (χ1v) is 11.6. The maximum absolute atomic E-state index is 12.6. The molecule has 4 rings (SSSR count). The second-order valence-corrected chi connectivity index (χ2v) is 10.0. The molecule has 0 radical (unpaired) electrons. The Morgan fingerprint density at radius 2 is 2.13 bits per heavy atom. The van der Waals surface area contributed by atoms with E-state index in [4.69, 9.17) is 12.2 Å². The van der Waals surface area contributed by atoms with E-state index in [1.807, 2.05) is 55.5 Å². The molecular weight excluding hydrogens is 480 g/mol. The second-order valence-electron chi connectivity index (χ2n) is 7.13. The van der Waals surface area contributed by atoms with Crippen LogP contribution in [-0.4, -0.2) is 27.4 Å². The van der Waals surface area contributed by atoms with Gasteiger partial charge in [-0.15, -0.1) is 11.3 Å². The van der Waals surface area contributed by atoms with Crippen molar-refractivity contribution >= 4 is 56.2 Å². The molecule has 1 fully saturated rings. The van der Waals surface area contributed by atoms with Gasteiger partial charge in [0, 0.05) is 29.7 Å². The van der Waals surface area contributed by atoms with Gasteiger partial charge in [-0.1, -0.05) is 18.2 Å². The standard InChI is InChI=1S/C22H21BrN4OS2/c1-14-5-4-6-15(13-14)25-19(28)10-12-27-21(17-8-9-18(23)30-17)20(26-22(27)29)16-7-2-3-11-24-16/h2-9,11,13,20-21H,10,12H2,1H3,(H,25,28)(H,26,29)/t20-,21+/m0/s1. The largest absolute Gasteiger partial charge is 0.352 e. The van der Waals surface area contributed by atoms with Gasteiger partial charge in [-0.25, -0.2) is 0 Å². The molecule has 0 bridgehead atoms. The number of halogens is 1. The fraction of sp³-hybridized carbons (Fsp3) is 0.227. The van der Waals surface area contributed by atoms with E-state index < -0.39 is 0 Å². The minimum Gasteiger partial charge on any atom is -0.352 e. The average Bonchev–Trinajstić information content (AvgIpc) is 3.30. The predicted molar refractivity (Wildman–Crippen MR) is 129 cm³/mol. The molecule has 1 saturated heterocycles. The molecule has 1 aromatic carbocycles. The zero-order valence-corrected chi connectivity index (χ0v) is 19.6. The number of thiophene rings is 1. The van der Waals surface area contributed by atoms with E-state index in [1.165, 1.54) is 4.88 Å². The molecule has 30 heavy (non-hydrogen) atoms. The maximum Gasteiger partial charge on any atom is 0.226 e. The van der Waals surface area contributed by atoms with Crippen LogP contribution in [0.1, 0.15) is 34.6 Å². The van der Waals surface area contributed by atoms with Gasteiger partial charge in [0.15, 0.2) is 5.11 Å².